The van der Waals surface area contributed by atoms with Crippen molar-refractivity contribution >= 4 is 28.8 Å². The van der Waals surface area contributed by atoms with Gasteiger partial charge in [-0.1, -0.05) is 23.2 Å². The van der Waals surface area contributed by atoms with Crippen LogP contribution < -0.4 is 0 Å². The third kappa shape index (κ3) is 1.48. The van der Waals surface area contributed by atoms with Crippen molar-refractivity contribution in [3.63, 3.8) is 0 Å². The van der Waals surface area contributed by atoms with Gasteiger partial charge in [-0.25, -0.2) is 9.50 Å². The van der Waals surface area contributed by atoms with Crippen LogP contribution in [0.15, 0.2) is 18.5 Å². The van der Waals surface area contributed by atoms with E-state index in [4.69, 9.17) is 28.3 Å². The maximum absolute atomic E-state index is 9.13. The first kappa shape index (κ1) is 8.74. The van der Waals surface area contributed by atoms with Gasteiger partial charge in [-0.15, -0.1) is 0 Å². The molecule has 1 atom stereocenters. The van der Waals surface area contributed by atoms with E-state index >= 15 is 0 Å². The molecular formula is C7H5Cl2N3O. The van der Waals surface area contributed by atoms with Gasteiger partial charge in [-0.3, -0.25) is 0 Å². The fraction of sp³-hybridized carbons (Fsp3) is 0.143. The number of hydrogen-bond acceptors (Lipinski definition) is 3. The Morgan fingerprint density at radius 2 is 2.31 bits per heavy atom. The van der Waals surface area contributed by atoms with E-state index in [0.717, 1.165) is 0 Å². The average molecular weight is 218 g/mol. The molecule has 0 aliphatic heterocycles. The molecule has 0 fully saturated rings. The zero-order chi connectivity index (χ0) is 9.42. The Morgan fingerprint density at radius 1 is 1.54 bits per heavy atom. The van der Waals surface area contributed by atoms with Crippen molar-refractivity contribution in [2.45, 2.75) is 5.56 Å². The summed E-state index contributed by atoms with van der Waals surface area (Å²) < 4.78 is 1.49. The van der Waals surface area contributed by atoms with Gasteiger partial charge in [0.15, 0.2) is 11.2 Å². The highest BCUT2D eigenvalue weighted by atomic mass is 35.5. The van der Waals surface area contributed by atoms with E-state index in [-0.39, 0.29) is 0 Å². The monoisotopic (exact) mass is 217 g/mol. The van der Waals surface area contributed by atoms with Crippen LogP contribution in [-0.4, -0.2) is 19.7 Å². The average Bonchev–Trinajstić information content (AvgIpc) is 2.46. The second-order valence-corrected chi connectivity index (χ2v) is 3.25. The highest BCUT2D eigenvalue weighted by Crippen LogP contribution is 2.21. The van der Waals surface area contributed by atoms with Gasteiger partial charge in [0, 0.05) is 6.20 Å². The summed E-state index contributed by atoms with van der Waals surface area (Å²) in [5.74, 6) is 0. The van der Waals surface area contributed by atoms with Crippen LogP contribution in [0.5, 0.6) is 0 Å². The smallest absolute Gasteiger partial charge is 0.163 e. The van der Waals surface area contributed by atoms with Crippen LogP contribution >= 0.6 is 23.2 Å². The second kappa shape index (κ2) is 3.14. The molecular weight excluding hydrogens is 213 g/mol. The molecule has 0 bridgehead atoms. The zero-order valence-corrected chi connectivity index (χ0v) is 7.87. The molecule has 68 valence electrons. The van der Waals surface area contributed by atoms with Gasteiger partial charge in [-0.2, -0.15) is 5.10 Å². The molecule has 0 amide bonds. The SMILES string of the molecule is OC(Cl)c1cnn2ccc(Cl)nc12. The Labute approximate surface area is 83.7 Å². The number of aliphatic hydroxyl groups is 1. The van der Waals surface area contributed by atoms with Crippen molar-refractivity contribution in [2.75, 3.05) is 0 Å². The zero-order valence-electron chi connectivity index (χ0n) is 6.35. The maximum Gasteiger partial charge on any atom is 0.163 e. The van der Waals surface area contributed by atoms with Gasteiger partial charge >= 0.3 is 0 Å². The molecule has 1 unspecified atom stereocenters. The summed E-state index contributed by atoms with van der Waals surface area (Å²) in [6.45, 7) is 0. The predicted octanol–water partition coefficient (Wildman–Crippen LogP) is 1.61. The summed E-state index contributed by atoms with van der Waals surface area (Å²) in [5, 5.41) is 13.4. The van der Waals surface area contributed by atoms with Crippen molar-refractivity contribution in [3.8, 4) is 0 Å². The van der Waals surface area contributed by atoms with Gasteiger partial charge in [-0.05, 0) is 6.07 Å². The van der Waals surface area contributed by atoms with E-state index in [1.165, 1.54) is 10.7 Å². The lowest BCUT2D eigenvalue weighted by Gasteiger charge is -1.98. The van der Waals surface area contributed by atoms with E-state index < -0.39 is 5.56 Å². The molecule has 2 aromatic heterocycles. The van der Waals surface area contributed by atoms with Gasteiger partial charge in [0.05, 0.1) is 11.8 Å². The fourth-order valence-corrected chi connectivity index (χ4v) is 1.32. The van der Waals surface area contributed by atoms with E-state index in [1.807, 2.05) is 0 Å². The summed E-state index contributed by atoms with van der Waals surface area (Å²) in [4.78, 5) is 3.98. The Balaban J connectivity index is 2.71. The summed E-state index contributed by atoms with van der Waals surface area (Å²) in [5.41, 5.74) is -0.192. The number of alkyl halides is 1. The van der Waals surface area contributed by atoms with Gasteiger partial charge in [0.2, 0.25) is 0 Å². The van der Waals surface area contributed by atoms with Crippen LogP contribution in [0.2, 0.25) is 5.15 Å². The Kier molecular flexibility index (Phi) is 2.11. The summed E-state index contributed by atoms with van der Waals surface area (Å²) in [6, 6.07) is 1.60. The van der Waals surface area contributed by atoms with Crippen LogP contribution in [0.4, 0.5) is 0 Å². The van der Waals surface area contributed by atoms with Crippen molar-refractivity contribution in [3.05, 3.63) is 29.2 Å². The normalized spacial score (nSPS) is 13.5. The number of aliphatic hydroxyl groups excluding tert-OH is 1. The molecule has 6 heteroatoms. The molecule has 0 saturated heterocycles. The third-order valence-corrected chi connectivity index (χ3v) is 2.06. The van der Waals surface area contributed by atoms with Crippen LogP contribution in [-0.2, 0) is 0 Å². The lowest BCUT2D eigenvalue weighted by molar-refractivity contribution is 0.264. The minimum Gasteiger partial charge on any atom is -0.373 e. The van der Waals surface area contributed by atoms with E-state index in [1.54, 1.807) is 12.3 Å². The summed E-state index contributed by atoms with van der Waals surface area (Å²) in [7, 11) is 0. The second-order valence-electron chi connectivity index (χ2n) is 2.45. The number of rotatable bonds is 1. The summed E-state index contributed by atoms with van der Waals surface area (Å²) >= 11 is 11.2. The first-order valence-electron chi connectivity index (χ1n) is 3.50. The Morgan fingerprint density at radius 3 is 3.00 bits per heavy atom. The number of aromatic nitrogens is 3. The lowest BCUT2D eigenvalue weighted by Crippen LogP contribution is -1.92. The minimum absolute atomic E-state index is 0.339. The first-order chi connectivity index (χ1) is 6.18. The molecule has 2 aromatic rings. The predicted molar refractivity (Wildman–Crippen MR) is 48.8 cm³/mol. The first-order valence-corrected chi connectivity index (χ1v) is 4.32. The minimum atomic E-state index is -1.11. The molecule has 1 N–H and O–H groups in total. The number of nitrogens with zero attached hydrogens (tertiary/aromatic N) is 3. The van der Waals surface area contributed by atoms with Gasteiger partial charge in [0.25, 0.3) is 0 Å². The van der Waals surface area contributed by atoms with E-state index in [9.17, 15) is 0 Å². The van der Waals surface area contributed by atoms with Crippen LogP contribution in [0, 0.1) is 0 Å². The molecule has 0 radical (unpaired) electrons. The Hall–Kier alpha value is -0.840. The Bertz CT molecular complexity index is 440. The third-order valence-electron chi connectivity index (χ3n) is 1.62. The summed E-state index contributed by atoms with van der Waals surface area (Å²) in [6.07, 6.45) is 3.10. The molecule has 0 spiro atoms. The van der Waals surface area contributed by atoms with Crippen molar-refractivity contribution in [1.82, 2.24) is 14.6 Å². The van der Waals surface area contributed by atoms with Crippen molar-refractivity contribution in [1.29, 1.82) is 0 Å². The maximum atomic E-state index is 9.13. The largest absolute Gasteiger partial charge is 0.373 e. The highest BCUT2D eigenvalue weighted by molar-refractivity contribution is 6.29. The quantitative estimate of drug-likeness (QED) is 0.584. The fourth-order valence-electron chi connectivity index (χ4n) is 1.03. The molecule has 2 heterocycles. The van der Waals surface area contributed by atoms with E-state index in [2.05, 4.69) is 10.1 Å². The van der Waals surface area contributed by atoms with Crippen LogP contribution in [0.25, 0.3) is 5.65 Å². The molecule has 0 aliphatic carbocycles. The van der Waals surface area contributed by atoms with Gasteiger partial charge in [0.1, 0.15) is 5.15 Å². The molecule has 2 rings (SSSR count). The molecule has 0 aromatic carbocycles. The molecule has 0 aliphatic rings. The number of halogens is 2. The number of hydrogen-bond donors (Lipinski definition) is 1. The van der Waals surface area contributed by atoms with Gasteiger partial charge < -0.3 is 5.11 Å². The van der Waals surface area contributed by atoms with Crippen LogP contribution in [0.3, 0.4) is 0 Å². The standard InChI is InChI=1S/C7H5Cl2N3O/c8-5-1-2-12-7(11-5)4(3-10-12)6(9)13/h1-3,6,13H. The molecule has 13 heavy (non-hydrogen) atoms. The highest BCUT2D eigenvalue weighted by Gasteiger charge is 2.11. The molecule has 0 saturated carbocycles. The molecule has 4 nitrogen and oxygen atoms in total. The topological polar surface area (TPSA) is 50.4 Å². The van der Waals surface area contributed by atoms with Crippen molar-refractivity contribution < 1.29 is 5.11 Å². The lowest BCUT2D eigenvalue weighted by atomic mass is 10.3. The van der Waals surface area contributed by atoms with E-state index in [0.29, 0.717) is 16.4 Å². The van der Waals surface area contributed by atoms with Crippen molar-refractivity contribution in [2.24, 2.45) is 0 Å². The number of fused-ring (bicyclic) bond motifs is 1. The van der Waals surface area contributed by atoms with Crippen LogP contribution in [0.1, 0.15) is 11.1 Å².